The van der Waals surface area contributed by atoms with Crippen molar-refractivity contribution in [2.24, 2.45) is 5.73 Å². The lowest BCUT2D eigenvalue weighted by molar-refractivity contribution is 0.339. The number of fused-ring (bicyclic) bond motifs is 1. The second-order valence-electron chi connectivity index (χ2n) is 8.12. The Labute approximate surface area is 182 Å². The molecule has 4 rings (SSSR count). The quantitative estimate of drug-likeness (QED) is 0.541. The highest BCUT2D eigenvalue weighted by molar-refractivity contribution is 8.00. The molecule has 0 spiro atoms. The van der Waals surface area contributed by atoms with Crippen molar-refractivity contribution in [3.8, 4) is 17.4 Å². The number of nitrogens with two attached hydrogens (primary N) is 1. The van der Waals surface area contributed by atoms with Crippen LogP contribution < -0.4 is 20.1 Å². The summed E-state index contributed by atoms with van der Waals surface area (Å²) in [7, 11) is 0. The highest BCUT2D eigenvalue weighted by atomic mass is 32.2. The Hall–Kier alpha value is -2.70. The zero-order valence-electron chi connectivity index (χ0n) is 17.8. The van der Waals surface area contributed by atoms with Gasteiger partial charge in [0.1, 0.15) is 22.7 Å². The highest BCUT2D eigenvalue weighted by Crippen LogP contribution is 2.49. The van der Waals surface area contributed by atoms with Crippen molar-refractivity contribution in [2.45, 2.75) is 43.5 Å². The molecule has 156 valence electrons. The van der Waals surface area contributed by atoms with Gasteiger partial charge in [0, 0.05) is 16.7 Å². The maximum atomic E-state index is 6.51. The molecule has 0 fully saturated rings. The number of hydrogen-bond donors (Lipinski definition) is 1. The molecule has 1 unspecified atom stereocenters. The number of ether oxygens (including phenoxy) is 2. The summed E-state index contributed by atoms with van der Waals surface area (Å²) in [5.41, 5.74) is 9.18. The lowest BCUT2D eigenvalue weighted by atomic mass is 9.86. The van der Waals surface area contributed by atoms with Gasteiger partial charge in [0.15, 0.2) is 0 Å². The number of hydrogen-bond acceptors (Lipinski definition) is 6. The van der Waals surface area contributed by atoms with E-state index in [-0.39, 0.29) is 10.9 Å². The summed E-state index contributed by atoms with van der Waals surface area (Å²) in [5.74, 6) is 2.18. The van der Waals surface area contributed by atoms with Crippen molar-refractivity contribution in [3.63, 3.8) is 0 Å². The van der Waals surface area contributed by atoms with E-state index in [9.17, 15) is 0 Å². The van der Waals surface area contributed by atoms with Gasteiger partial charge in [-0.25, -0.2) is 4.98 Å². The van der Waals surface area contributed by atoms with Gasteiger partial charge in [-0.05, 0) is 48.7 Å². The van der Waals surface area contributed by atoms with Crippen LogP contribution >= 0.6 is 11.8 Å². The predicted octanol–water partition coefficient (Wildman–Crippen LogP) is 6.06. The molecule has 0 aliphatic carbocycles. The minimum atomic E-state index is -0.277. The largest absolute Gasteiger partial charge is 0.494 e. The normalized spacial score (nSPS) is 15.8. The molecule has 2 aromatic carbocycles. The van der Waals surface area contributed by atoms with Crippen LogP contribution in [0.4, 0.5) is 11.4 Å². The van der Waals surface area contributed by atoms with Crippen molar-refractivity contribution in [1.82, 2.24) is 4.98 Å². The number of anilines is 2. The molecule has 0 saturated heterocycles. The fourth-order valence-electron chi connectivity index (χ4n) is 3.55. The summed E-state index contributed by atoms with van der Waals surface area (Å²) >= 11 is 1.60. The minimum absolute atomic E-state index is 0.0479. The Morgan fingerprint density at radius 2 is 1.87 bits per heavy atom. The fourth-order valence-corrected chi connectivity index (χ4v) is 4.62. The van der Waals surface area contributed by atoms with E-state index >= 15 is 0 Å². The molecule has 3 aromatic rings. The van der Waals surface area contributed by atoms with Crippen LogP contribution in [0.1, 0.15) is 33.3 Å². The van der Waals surface area contributed by atoms with Crippen molar-refractivity contribution < 1.29 is 9.47 Å². The smallest absolute Gasteiger partial charge is 0.243 e. The summed E-state index contributed by atoms with van der Waals surface area (Å²) in [5, 5.41) is 0. The Kier molecular flexibility index (Phi) is 5.62. The van der Waals surface area contributed by atoms with Crippen LogP contribution in [0.5, 0.6) is 17.4 Å². The van der Waals surface area contributed by atoms with Crippen LogP contribution in [-0.2, 0) is 5.41 Å². The van der Waals surface area contributed by atoms with E-state index in [1.807, 2.05) is 55.5 Å². The lowest BCUT2D eigenvalue weighted by Gasteiger charge is -2.26. The van der Waals surface area contributed by atoms with E-state index in [4.69, 9.17) is 15.2 Å². The van der Waals surface area contributed by atoms with Crippen LogP contribution in [0.2, 0.25) is 0 Å². The molecule has 1 aliphatic heterocycles. The molecule has 0 radical (unpaired) electrons. The SMILES string of the molecule is CCOc1ccc2c(c1)SC(N)N2c1cccnc1Oc1ccccc1C(C)(C)C. The molecule has 0 bridgehead atoms. The topological polar surface area (TPSA) is 60.6 Å². The second-order valence-corrected chi connectivity index (χ2v) is 9.28. The molecule has 6 heteroatoms. The van der Waals surface area contributed by atoms with Gasteiger partial charge >= 0.3 is 0 Å². The van der Waals surface area contributed by atoms with Crippen LogP contribution in [-0.4, -0.2) is 17.1 Å². The molecule has 0 amide bonds. The van der Waals surface area contributed by atoms with Crippen LogP contribution in [0, 0.1) is 0 Å². The Morgan fingerprint density at radius 1 is 1.07 bits per heavy atom. The standard InChI is InChI=1S/C24H27N3O2S/c1-5-28-16-12-13-18-21(15-16)30-23(25)27(18)19-10-8-14-26-22(19)29-20-11-7-6-9-17(20)24(2,3)4/h6-15,23H,5,25H2,1-4H3. The number of pyridine rings is 1. The van der Waals surface area contributed by atoms with Crippen LogP contribution in [0.3, 0.4) is 0 Å². The third-order valence-corrected chi connectivity index (χ3v) is 5.95. The summed E-state index contributed by atoms with van der Waals surface area (Å²) in [4.78, 5) is 7.69. The van der Waals surface area contributed by atoms with Crippen LogP contribution in [0.15, 0.2) is 65.7 Å². The van der Waals surface area contributed by atoms with E-state index in [0.717, 1.165) is 33.3 Å². The van der Waals surface area contributed by atoms with E-state index in [0.29, 0.717) is 12.5 Å². The zero-order valence-corrected chi connectivity index (χ0v) is 18.6. The number of benzene rings is 2. The first kappa shape index (κ1) is 20.6. The van der Waals surface area contributed by atoms with Gasteiger partial charge in [-0.2, -0.15) is 0 Å². The average molecular weight is 422 g/mol. The Morgan fingerprint density at radius 3 is 2.63 bits per heavy atom. The molecule has 1 aromatic heterocycles. The zero-order chi connectivity index (χ0) is 21.3. The maximum absolute atomic E-state index is 6.51. The first-order chi connectivity index (χ1) is 14.4. The Balaban J connectivity index is 1.73. The van der Waals surface area contributed by atoms with Gasteiger partial charge in [-0.15, -0.1) is 0 Å². The first-order valence-corrected chi connectivity index (χ1v) is 11.0. The number of nitrogens with zero attached hydrogens (tertiary/aromatic N) is 2. The minimum Gasteiger partial charge on any atom is -0.494 e. The van der Waals surface area contributed by atoms with Gasteiger partial charge in [0.25, 0.3) is 0 Å². The van der Waals surface area contributed by atoms with Crippen LogP contribution in [0.25, 0.3) is 0 Å². The van der Waals surface area contributed by atoms with Gasteiger partial charge in [0.05, 0.1) is 12.3 Å². The molecule has 30 heavy (non-hydrogen) atoms. The van der Waals surface area contributed by atoms with Gasteiger partial charge in [-0.3, -0.25) is 0 Å². The third-order valence-electron chi connectivity index (χ3n) is 4.92. The molecule has 1 atom stereocenters. The monoisotopic (exact) mass is 421 g/mol. The molecule has 5 nitrogen and oxygen atoms in total. The molecule has 2 heterocycles. The van der Waals surface area contributed by atoms with E-state index in [1.165, 1.54) is 0 Å². The van der Waals surface area contributed by atoms with Crippen molar-refractivity contribution >= 4 is 23.1 Å². The van der Waals surface area contributed by atoms with E-state index in [1.54, 1.807) is 18.0 Å². The number of para-hydroxylation sites is 1. The van der Waals surface area contributed by atoms with Crippen molar-refractivity contribution in [1.29, 1.82) is 0 Å². The molecular weight excluding hydrogens is 394 g/mol. The number of aromatic nitrogens is 1. The summed E-state index contributed by atoms with van der Waals surface area (Å²) < 4.78 is 12.0. The fraction of sp³-hybridized carbons (Fsp3) is 0.292. The first-order valence-electron chi connectivity index (χ1n) is 10.1. The average Bonchev–Trinajstić information content (AvgIpc) is 3.03. The lowest BCUT2D eigenvalue weighted by Crippen LogP contribution is -2.32. The predicted molar refractivity (Wildman–Crippen MR) is 123 cm³/mol. The third kappa shape index (κ3) is 3.98. The molecule has 1 aliphatic rings. The van der Waals surface area contributed by atoms with Crippen molar-refractivity contribution in [2.75, 3.05) is 11.5 Å². The molecular formula is C24H27N3O2S. The van der Waals surface area contributed by atoms with E-state index < -0.39 is 0 Å². The highest BCUT2D eigenvalue weighted by Gasteiger charge is 2.32. The number of thioether (sulfide) groups is 1. The van der Waals surface area contributed by atoms with Crippen molar-refractivity contribution in [3.05, 3.63) is 66.4 Å². The van der Waals surface area contributed by atoms with E-state index in [2.05, 4.69) is 36.7 Å². The summed E-state index contributed by atoms with van der Waals surface area (Å²) in [6.07, 6.45) is 1.74. The van der Waals surface area contributed by atoms with Gasteiger partial charge in [0.2, 0.25) is 5.88 Å². The number of rotatable bonds is 5. The second kappa shape index (κ2) is 8.20. The van der Waals surface area contributed by atoms with Gasteiger partial charge < -0.3 is 20.1 Å². The summed E-state index contributed by atoms with van der Waals surface area (Å²) in [6, 6.07) is 18.0. The molecule has 0 saturated carbocycles. The Bertz CT molecular complexity index is 1050. The van der Waals surface area contributed by atoms with Gasteiger partial charge in [-0.1, -0.05) is 50.7 Å². The molecule has 2 N–H and O–H groups in total. The summed E-state index contributed by atoms with van der Waals surface area (Å²) in [6.45, 7) is 9.13. The maximum Gasteiger partial charge on any atom is 0.243 e.